The fourth-order valence-corrected chi connectivity index (χ4v) is 2.61. The van der Waals surface area contributed by atoms with Gasteiger partial charge in [-0.05, 0) is 56.2 Å². The van der Waals surface area contributed by atoms with Crippen molar-refractivity contribution in [1.29, 1.82) is 0 Å². The molecule has 3 aromatic rings. The van der Waals surface area contributed by atoms with Gasteiger partial charge in [0, 0.05) is 6.20 Å². The van der Waals surface area contributed by atoms with Gasteiger partial charge in [0.25, 0.3) is 5.91 Å². The second-order valence-electron chi connectivity index (χ2n) is 5.78. The van der Waals surface area contributed by atoms with Crippen molar-refractivity contribution in [2.75, 3.05) is 0 Å². The Hall–Kier alpha value is -3.02. The van der Waals surface area contributed by atoms with Crippen LogP contribution in [0.4, 0.5) is 0 Å². The summed E-state index contributed by atoms with van der Waals surface area (Å²) in [7, 11) is 0. The molecule has 6 nitrogen and oxygen atoms in total. The van der Waals surface area contributed by atoms with Crippen LogP contribution in [0.1, 0.15) is 33.0 Å². The number of hydrogen-bond acceptors (Lipinski definition) is 4. The van der Waals surface area contributed by atoms with E-state index in [9.17, 15) is 4.79 Å². The maximum Gasteiger partial charge on any atom is 0.274 e. The van der Waals surface area contributed by atoms with E-state index < -0.39 is 0 Å². The van der Waals surface area contributed by atoms with Crippen molar-refractivity contribution in [2.24, 2.45) is 0 Å². The van der Waals surface area contributed by atoms with Crippen molar-refractivity contribution in [3.8, 4) is 5.69 Å². The Bertz CT molecular complexity index is 850. The zero-order valence-corrected chi connectivity index (χ0v) is 13.9. The molecule has 0 spiro atoms. The SMILES string of the molecule is Cc1cc(C)cc(-n2nnc(C(=O)NCc3ccccn3)c2C)c1. The predicted molar refractivity (Wildman–Crippen MR) is 91.0 cm³/mol. The standard InChI is InChI=1S/C18H19N5O/c1-12-8-13(2)10-16(9-12)23-14(3)17(21-22-23)18(24)20-11-15-6-4-5-7-19-15/h4-10H,11H2,1-3H3,(H,20,24). The number of carbonyl (C=O) groups excluding carboxylic acids is 1. The third-order valence-electron chi connectivity index (χ3n) is 3.72. The van der Waals surface area contributed by atoms with Crippen LogP contribution in [0.25, 0.3) is 5.69 Å². The molecule has 0 aliphatic heterocycles. The Morgan fingerprint density at radius 2 is 1.88 bits per heavy atom. The highest BCUT2D eigenvalue weighted by Gasteiger charge is 2.17. The van der Waals surface area contributed by atoms with E-state index in [-0.39, 0.29) is 5.91 Å². The highest BCUT2D eigenvalue weighted by atomic mass is 16.2. The molecule has 6 heteroatoms. The summed E-state index contributed by atoms with van der Waals surface area (Å²) < 4.78 is 1.69. The van der Waals surface area contributed by atoms with E-state index in [4.69, 9.17) is 0 Å². The first-order chi connectivity index (χ1) is 11.5. The number of benzene rings is 1. The average Bonchev–Trinajstić information content (AvgIpc) is 2.94. The molecule has 0 unspecified atom stereocenters. The van der Waals surface area contributed by atoms with Gasteiger partial charge >= 0.3 is 0 Å². The third-order valence-corrected chi connectivity index (χ3v) is 3.72. The van der Waals surface area contributed by atoms with E-state index in [0.717, 1.165) is 22.5 Å². The van der Waals surface area contributed by atoms with Crippen molar-refractivity contribution >= 4 is 5.91 Å². The largest absolute Gasteiger partial charge is 0.345 e. The summed E-state index contributed by atoms with van der Waals surface area (Å²) in [5, 5.41) is 11.0. The lowest BCUT2D eigenvalue weighted by Gasteiger charge is -2.07. The molecule has 1 N–H and O–H groups in total. The molecule has 2 aromatic heterocycles. The number of carbonyl (C=O) groups is 1. The summed E-state index contributed by atoms with van der Waals surface area (Å²) >= 11 is 0. The van der Waals surface area contributed by atoms with Gasteiger partial charge in [0.15, 0.2) is 5.69 Å². The second-order valence-corrected chi connectivity index (χ2v) is 5.78. The molecular formula is C18H19N5O. The van der Waals surface area contributed by atoms with Crippen molar-refractivity contribution in [3.05, 3.63) is 70.8 Å². The van der Waals surface area contributed by atoms with Gasteiger partial charge in [-0.15, -0.1) is 5.10 Å². The Labute approximate surface area is 140 Å². The number of nitrogens with one attached hydrogen (secondary N) is 1. The van der Waals surface area contributed by atoms with Crippen LogP contribution in [0.3, 0.4) is 0 Å². The van der Waals surface area contributed by atoms with Crippen LogP contribution in [0.5, 0.6) is 0 Å². The lowest BCUT2D eigenvalue weighted by molar-refractivity contribution is 0.0944. The van der Waals surface area contributed by atoms with E-state index in [2.05, 4.69) is 26.7 Å². The second kappa shape index (κ2) is 6.62. The van der Waals surface area contributed by atoms with Gasteiger partial charge in [-0.2, -0.15) is 0 Å². The first kappa shape index (κ1) is 15.9. The molecule has 0 fully saturated rings. The molecule has 3 rings (SSSR count). The van der Waals surface area contributed by atoms with Crippen molar-refractivity contribution in [1.82, 2.24) is 25.3 Å². The molecular weight excluding hydrogens is 302 g/mol. The quantitative estimate of drug-likeness (QED) is 0.801. The number of rotatable bonds is 4. The highest BCUT2D eigenvalue weighted by Crippen LogP contribution is 2.16. The van der Waals surface area contributed by atoms with Crippen molar-refractivity contribution in [3.63, 3.8) is 0 Å². The topological polar surface area (TPSA) is 72.7 Å². The Morgan fingerprint density at radius 3 is 2.54 bits per heavy atom. The van der Waals surface area contributed by atoms with E-state index in [0.29, 0.717) is 17.9 Å². The lowest BCUT2D eigenvalue weighted by atomic mass is 10.1. The molecule has 122 valence electrons. The van der Waals surface area contributed by atoms with Gasteiger partial charge in [-0.1, -0.05) is 17.3 Å². The monoisotopic (exact) mass is 321 g/mol. The van der Waals surface area contributed by atoms with Crippen LogP contribution in [-0.4, -0.2) is 25.9 Å². The number of pyridine rings is 1. The number of amides is 1. The molecule has 24 heavy (non-hydrogen) atoms. The molecule has 1 aromatic carbocycles. The van der Waals surface area contributed by atoms with Gasteiger partial charge in [-0.25, -0.2) is 4.68 Å². The minimum Gasteiger partial charge on any atom is -0.345 e. The summed E-state index contributed by atoms with van der Waals surface area (Å²) in [6.07, 6.45) is 1.70. The smallest absolute Gasteiger partial charge is 0.274 e. The van der Waals surface area contributed by atoms with E-state index in [1.807, 2.05) is 51.1 Å². The minimum absolute atomic E-state index is 0.256. The van der Waals surface area contributed by atoms with Crippen LogP contribution in [-0.2, 0) is 6.54 Å². The van der Waals surface area contributed by atoms with Crippen molar-refractivity contribution < 1.29 is 4.79 Å². The third kappa shape index (κ3) is 3.32. The number of aryl methyl sites for hydroxylation is 2. The van der Waals surface area contributed by atoms with Gasteiger partial charge in [0.1, 0.15) is 0 Å². The van der Waals surface area contributed by atoms with Crippen molar-refractivity contribution in [2.45, 2.75) is 27.3 Å². The normalized spacial score (nSPS) is 10.6. The minimum atomic E-state index is -0.256. The van der Waals surface area contributed by atoms with Crippen LogP contribution in [0, 0.1) is 20.8 Å². The first-order valence-corrected chi connectivity index (χ1v) is 7.73. The van der Waals surface area contributed by atoms with Gasteiger partial charge in [-0.3, -0.25) is 9.78 Å². The Kier molecular flexibility index (Phi) is 4.37. The van der Waals surface area contributed by atoms with E-state index >= 15 is 0 Å². The zero-order valence-electron chi connectivity index (χ0n) is 13.9. The Morgan fingerprint density at radius 1 is 1.12 bits per heavy atom. The summed E-state index contributed by atoms with van der Waals surface area (Å²) in [4.78, 5) is 16.5. The number of aromatic nitrogens is 4. The summed E-state index contributed by atoms with van der Waals surface area (Å²) in [5.74, 6) is -0.256. The molecule has 2 heterocycles. The molecule has 1 amide bonds. The maximum absolute atomic E-state index is 12.4. The van der Waals surface area contributed by atoms with Gasteiger partial charge in [0.05, 0.1) is 23.6 Å². The van der Waals surface area contributed by atoms with Crippen LogP contribution in [0.2, 0.25) is 0 Å². The zero-order chi connectivity index (χ0) is 17.1. The van der Waals surface area contributed by atoms with E-state index in [1.54, 1.807) is 10.9 Å². The molecule has 0 bridgehead atoms. The summed E-state index contributed by atoms with van der Waals surface area (Å²) in [6, 6.07) is 11.7. The molecule has 0 aliphatic rings. The fraction of sp³-hybridized carbons (Fsp3) is 0.222. The summed E-state index contributed by atoms with van der Waals surface area (Å²) in [6.45, 7) is 6.26. The maximum atomic E-state index is 12.4. The highest BCUT2D eigenvalue weighted by molar-refractivity contribution is 5.93. The molecule has 0 aliphatic carbocycles. The number of hydrogen-bond donors (Lipinski definition) is 1. The van der Waals surface area contributed by atoms with Crippen LogP contribution in [0.15, 0.2) is 42.6 Å². The predicted octanol–water partition coefficient (Wildman–Crippen LogP) is 2.52. The van der Waals surface area contributed by atoms with Crippen LogP contribution < -0.4 is 5.32 Å². The Balaban J connectivity index is 1.80. The average molecular weight is 321 g/mol. The van der Waals surface area contributed by atoms with E-state index in [1.165, 1.54) is 0 Å². The molecule has 0 radical (unpaired) electrons. The lowest BCUT2D eigenvalue weighted by Crippen LogP contribution is -2.24. The first-order valence-electron chi connectivity index (χ1n) is 7.73. The fourth-order valence-electron chi connectivity index (χ4n) is 2.61. The van der Waals surface area contributed by atoms with Gasteiger partial charge < -0.3 is 5.32 Å². The van der Waals surface area contributed by atoms with Crippen LogP contribution >= 0.6 is 0 Å². The number of nitrogens with zero attached hydrogens (tertiary/aromatic N) is 4. The summed E-state index contributed by atoms with van der Waals surface area (Å²) in [5.41, 5.74) is 5.01. The molecule has 0 saturated heterocycles. The van der Waals surface area contributed by atoms with Gasteiger partial charge in [0.2, 0.25) is 0 Å². The molecule has 0 saturated carbocycles. The molecule has 0 atom stereocenters.